The highest BCUT2D eigenvalue weighted by molar-refractivity contribution is 5.58. The largest absolute Gasteiger partial charge is 0.467 e. The minimum Gasteiger partial charge on any atom is -0.467 e. The highest BCUT2D eigenvalue weighted by atomic mass is 16.3. The highest BCUT2D eigenvalue weighted by Crippen LogP contribution is 2.17. The summed E-state index contributed by atoms with van der Waals surface area (Å²) in [5.74, 6) is 3.09. The van der Waals surface area contributed by atoms with Crippen LogP contribution in [0.3, 0.4) is 0 Å². The Kier molecular flexibility index (Phi) is 3.82. The molecule has 0 fully saturated rings. The molecule has 0 saturated heterocycles. The Bertz CT molecular complexity index is 696. The van der Waals surface area contributed by atoms with E-state index in [1.54, 1.807) is 6.26 Å². The summed E-state index contributed by atoms with van der Waals surface area (Å²) >= 11 is 0. The molecule has 1 aromatic carbocycles. The summed E-state index contributed by atoms with van der Waals surface area (Å²) in [6.07, 6.45) is 1.66. The number of para-hydroxylation sites is 1. The van der Waals surface area contributed by atoms with Crippen molar-refractivity contribution in [2.75, 3.05) is 10.6 Å². The Labute approximate surface area is 123 Å². The van der Waals surface area contributed by atoms with Crippen molar-refractivity contribution in [2.45, 2.75) is 13.5 Å². The fraction of sp³-hybridized carbons (Fsp3) is 0.125. The van der Waals surface area contributed by atoms with Crippen LogP contribution in [0.2, 0.25) is 0 Å². The van der Waals surface area contributed by atoms with Gasteiger partial charge in [0.25, 0.3) is 0 Å². The molecule has 3 aromatic rings. The maximum Gasteiger partial charge on any atom is 0.136 e. The van der Waals surface area contributed by atoms with Crippen LogP contribution in [0.5, 0.6) is 0 Å². The number of benzene rings is 1. The SMILES string of the molecule is Cc1nc(NCc2ccco2)cc(Nc2ccccc2)n1. The molecule has 0 aliphatic heterocycles. The summed E-state index contributed by atoms with van der Waals surface area (Å²) in [4.78, 5) is 8.76. The Morgan fingerprint density at radius 2 is 1.81 bits per heavy atom. The van der Waals surface area contributed by atoms with Gasteiger partial charge in [-0.3, -0.25) is 0 Å². The normalized spacial score (nSPS) is 10.3. The lowest BCUT2D eigenvalue weighted by atomic mass is 10.3. The first-order chi connectivity index (χ1) is 10.3. The number of nitrogens with one attached hydrogen (secondary N) is 2. The van der Waals surface area contributed by atoms with E-state index in [2.05, 4.69) is 20.6 Å². The quantitative estimate of drug-likeness (QED) is 0.745. The van der Waals surface area contributed by atoms with E-state index in [9.17, 15) is 0 Å². The Hall–Kier alpha value is -2.82. The average Bonchev–Trinajstić information content (AvgIpc) is 2.99. The number of anilines is 3. The third kappa shape index (κ3) is 3.60. The standard InChI is InChI=1S/C16H16N4O/c1-12-18-15(17-11-14-8-5-9-21-14)10-16(19-12)20-13-6-3-2-4-7-13/h2-10H,11H2,1H3,(H2,17,18,19,20). The molecule has 21 heavy (non-hydrogen) atoms. The summed E-state index contributed by atoms with van der Waals surface area (Å²) in [7, 11) is 0. The first kappa shape index (κ1) is 13.2. The van der Waals surface area contributed by atoms with Crippen molar-refractivity contribution in [3.8, 4) is 0 Å². The van der Waals surface area contributed by atoms with Crippen LogP contribution in [0.1, 0.15) is 11.6 Å². The van der Waals surface area contributed by atoms with Gasteiger partial charge < -0.3 is 15.1 Å². The molecule has 3 rings (SSSR count). The van der Waals surface area contributed by atoms with E-state index in [-0.39, 0.29) is 0 Å². The van der Waals surface area contributed by atoms with Gasteiger partial charge in [-0.2, -0.15) is 0 Å². The van der Waals surface area contributed by atoms with Crippen LogP contribution < -0.4 is 10.6 Å². The van der Waals surface area contributed by atoms with E-state index in [1.807, 2.05) is 55.5 Å². The van der Waals surface area contributed by atoms with Crippen molar-refractivity contribution in [3.63, 3.8) is 0 Å². The van der Waals surface area contributed by atoms with Crippen molar-refractivity contribution in [3.05, 3.63) is 66.4 Å². The molecule has 0 saturated carbocycles. The molecule has 0 radical (unpaired) electrons. The molecule has 0 aliphatic rings. The van der Waals surface area contributed by atoms with Crippen molar-refractivity contribution >= 4 is 17.3 Å². The fourth-order valence-electron chi connectivity index (χ4n) is 1.98. The number of nitrogens with zero attached hydrogens (tertiary/aromatic N) is 2. The maximum atomic E-state index is 5.29. The summed E-state index contributed by atoms with van der Waals surface area (Å²) in [5, 5.41) is 6.49. The monoisotopic (exact) mass is 280 g/mol. The van der Waals surface area contributed by atoms with Gasteiger partial charge in [-0.1, -0.05) is 18.2 Å². The molecule has 0 unspecified atom stereocenters. The lowest BCUT2D eigenvalue weighted by Crippen LogP contribution is -2.04. The lowest BCUT2D eigenvalue weighted by molar-refractivity contribution is 0.518. The van der Waals surface area contributed by atoms with Gasteiger partial charge in [0.1, 0.15) is 23.2 Å². The molecule has 0 amide bonds. The van der Waals surface area contributed by atoms with E-state index >= 15 is 0 Å². The summed E-state index contributed by atoms with van der Waals surface area (Å²) in [6.45, 7) is 2.46. The number of aromatic nitrogens is 2. The number of hydrogen-bond donors (Lipinski definition) is 2. The number of aryl methyl sites for hydroxylation is 1. The number of hydrogen-bond acceptors (Lipinski definition) is 5. The van der Waals surface area contributed by atoms with Crippen molar-refractivity contribution < 1.29 is 4.42 Å². The first-order valence-corrected chi connectivity index (χ1v) is 6.73. The predicted molar refractivity (Wildman–Crippen MR) is 82.5 cm³/mol. The van der Waals surface area contributed by atoms with Crippen LogP contribution in [-0.2, 0) is 6.54 Å². The molecule has 106 valence electrons. The third-order valence-corrected chi connectivity index (χ3v) is 2.91. The van der Waals surface area contributed by atoms with Gasteiger partial charge in [-0.05, 0) is 31.2 Å². The molecule has 2 heterocycles. The zero-order chi connectivity index (χ0) is 14.5. The average molecular weight is 280 g/mol. The van der Waals surface area contributed by atoms with Crippen LogP contribution in [0.15, 0.2) is 59.2 Å². The van der Waals surface area contributed by atoms with Gasteiger partial charge >= 0.3 is 0 Å². The molecule has 2 aromatic heterocycles. The summed E-state index contributed by atoms with van der Waals surface area (Å²) < 4.78 is 5.29. The molecule has 5 nitrogen and oxygen atoms in total. The molecule has 0 atom stereocenters. The topological polar surface area (TPSA) is 63.0 Å². The second-order valence-electron chi connectivity index (χ2n) is 4.61. The molecule has 5 heteroatoms. The summed E-state index contributed by atoms with van der Waals surface area (Å²) in [5.41, 5.74) is 0.993. The van der Waals surface area contributed by atoms with Crippen molar-refractivity contribution in [1.82, 2.24) is 9.97 Å². The molecule has 0 bridgehead atoms. The van der Waals surface area contributed by atoms with E-state index in [4.69, 9.17) is 4.42 Å². The third-order valence-electron chi connectivity index (χ3n) is 2.91. The summed E-state index contributed by atoms with van der Waals surface area (Å²) in [6, 6.07) is 15.6. The minimum absolute atomic E-state index is 0.591. The van der Waals surface area contributed by atoms with Gasteiger partial charge in [-0.25, -0.2) is 9.97 Å². The van der Waals surface area contributed by atoms with E-state index in [0.29, 0.717) is 12.4 Å². The van der Waals surface area contributed by atoms with Crippen LogP contribution >= 0.6 is 0 Å². The smallest absolute Gasteiger partial charge is 0.136 e. The minimum atomic E-state index is 0.591. The van der Waals surface area contributed by atoms with E-state index < -0.39 is 0 Å². The molecular weight excluding hydrogens is 264 g/mol. The second-order valence-corrected chi connectivity index (χ2v) is 4.61. The van der Waals surface area contributed by atoms with Gasteiger partial charge in [0.2, 0.25) is 0 Å². The van der Waals surface area contributed by atoms with Gasteiger partial charge in [0.05, 0.1) is 12.8 Å². The van der Waals surface area contributed by atoms with Gasteiger partial charge in [-0.15, -0.1) is 0 Å². The zero-order valence-corrected chi connectivity index (χ0v) is 11.7. The molecule has 0 spiro atoms. The Balaban J connectivity index is 1.73. The number of furan rings is 1. The maximum absolute atomic E-state index is 5.29. The Morgan fingerprint density at radius 3 is 2.57 bits per heavy atom. The van der Waals surface area contributed by atoms with Crippen molar-refractivity contribution in [1.29, 1.82) is 0 Å². The van der Waals surface area contributed by atoms with E-state index in [1.165, 1.54) is 0 Å². The van der Waals surface area contributed by atoms with Crippen LogP contribution in [0, 0.1) is 6.92 Å². The van der Waals surface area contributed by atoms with Gasteiger partial charge in [0.15, 0.2) is 0 Å². The second kappa shape index (κ2) is 6.09. The van der Waals surface area contributed by atoms with E-state index in [0.717, 1.165) is 23.1 Å². The van der Waals surface area contributed by atoms with Crippen LogP contribution in [-0.4, -0.2) is 9.97 Å². The number of rotatable bonds is 5. The van der Waals surface area contributed by atoms with Crippen LogP contribution in [0.4, 0.5) is 17.3 Å². The Morgan fingerprint density at radius 1 is 1.00 bits per heavy atom. The highest BCUT2D eigenvalue weighted by Gasteiger charge is 2.03. The first-order valence-electron chi connectivity index (χ1n) is 6.73. The molecular formula is C16H16N4O. The lowest BCUT2D eigenvalue weighted by Gasteiger charge is -2.09. The zero-order valence-electron chi connectivity index (χ0n) is 11.7. The van der Waals surface area contributed by atoms with Crippen LogP contribution in [0.25, 0.3) is 0 Å². The van der Waals surface area contributed by atoms with Gasteiger partial charge in [0, 0.05) is 11.8 Å². The molecule has 0 aliphatic carbocycles. The fourth-order valence-corrected chi connectivity index (χ4v) is 1.98. The van der Waals surface area contributed by atoms with Crippen molar-refractivity contribution in [2.24, 2.45) is 0 Å². The molecule has 2 N–H and O–H groups in total. The predicted octanol–water partition coefficient (Wildman–Crippen LogP) is 3.73.